The Morgan fingerprint density at radius 1 is 1.27 bits per heavy atom. The van der Waals surface area contributed by atoms with E-state index >= 15 is 0 Å². The fourth-order valence-electron chi connectivity index (χ4n) is 1.96. The van der Waals surface area contributed by atoms with Gasteiger partial charge in [0.25, 0.3) is 0 Å². The van der Waals surface area contributed by atoms with Crippen molar-refractivity contribution >= 4 is 5.91 Å². The Morgan fingerprint density at radius 2 is 1.87 bits per heavy atom. The van der Waals surface area contributed by atoms with Crippen LogP contribution in [0.2, 0.25) is 0 Å². The van der Waals surface area contributed by atoms with E-state index in [0.29, 0.717) is 19.6 Å². The van der Waals surface area contributed by atoms with Crippen LogP contribution in [0.3, 0.4) is 0 Å². The number of likely N-dealkylation sites (N-methyl/N-ethyl adjacent to an activating group) is 1. The van der Waals surface area contributed by atoms with Crippen LogP contribution in [-0.4, -0.2) is 84.7 Å². The topological polar surface area (TPSA) is 47.0 Å². The summed E-state index contributed by atoms with van der Waals surface area (Å²) in [7, 11) is 2.10. The van der Waals surface area contributed by atoms with Crippen LogP contribution in [0, 0.1) is 0 Å². The highest BCUT2D eigenvalue weighted by Crippen LogP contribution is 2.08. The van der Waals surface area contributed by atoms with Crippen molar-refractivity contribution in [3.8, 4) is 0 Å². The van der Waals surface area contributed by atoms with Crippen LogP contribution in [0.5, 0.6) is 0 Å². The molecule has 0 aromatic carbocycles. The van der Waals surface area contributed by atoms with E-state index in [2.05, 4.69) is 16.8 Å². The molecule has 0 unspecified atom stereocenters. The van der Waals surface area contributed by atoms with Gasteiger partial charge < -0.3 is 14.9 Å². The maximum Gasteiger partial charge on any atom is 0.236 e. The average molecular weight is 213 g/mol. The summed E-state index contributed by atoms with van der Waals surface area (Å²) in [5.74, 6) is 0.157. The molecule has 0 bridgehead atoms. The molecule has 2 fully saturated rings. The van der Waals surface area contributed by atoms with Crippen molar-refractivity contribution in [3.05, 3.63) is 0 Å². The molecule has 2 saturated heterocycles. The van der Waals surface area contributed by atoms with Crippen molar-refractivity contribution in [1.29, 1.82) is 0 Å². The van der Waals surface area contributed by atoms with Crippen LogP contribution in [-0.2, 0) is 4.79 Å². The summed E-state index contributed by atoms with van der Waals surface area (Å²) >= 11 is 0. The Bertz CT molecular complexity index is 233. The molecule has 2 aliphatic rings. The Hall–Kier alpha value is -0.650. The summed E-state index contributed by atoms with van der Waals surface area (Å²) in [6.45, 7) is 5.57. The van der Waals surface area contributed by atoms with E-state index in [1.165, 1.54) is 0 Å². The molecular weight excluding hydrogens is 194 g/mol. The van der Waals surface area contributed by atoms with Crippen molar-refractivity contribution in [2.24, 2.45) is 0 Å². The zero-order valence-corrected chi connectivity index (χ0v) is 9.22. The molecule has 15 heavy (non-hydrogen) atoms. The van der Waals surface area contributed by atoms with E-state index < -0.39 is 0 Å². The summed E-state index contributed by atoms with van der Waals surface area (Å²) < 4.78 is 0. The number of carbonyl (C=O) groups excluding carboxylic acids is 1. The van der Waals surface area contributed by atoms with Crippen molar-refractivity contribution < 1.29 is 9.90 Å². The minimum absolute atomic E-state index is 0.157. The fourth-order valence-corrected chi connectivity index (χ4v) is 1.96. The lowest BCUT2D eigenvalue weighted by molar-refractivity contribution is -0.142. The van der Waals surface area contributed by atoms with E-state index in [4.69, 9.17) is 5.11 Å². The molecule has 1 amide bonds. The number of piperazine rings is 1. The summed E-state index contributed by atoms with van der Waals surface area (Å²) in [6, 6.07) is 0. The van der Waals surface area contributed by atoms with Crippen LogP contribution >= 0.6 is 0 Å². The number of β-amino-alcohol motifs (C(OH)–C–C–N with tert-alkyl or cyclic N) is 1. The number of rotatable bonds is 2. The highest BCUT2D eigenvalue weighted by Gasteiger charge is 2.29. The average Bonchev–Trinajstić information content (AvgIpc) is 2.17. The molecule has 1 N–H and O–H groups in total. The van der Waals surface area contributed by atoms with E-state index in [-0.39, 0.29) is 12.0 Å². The number of amides is 1. The highest BCUT2D eigenvalue weighted by molar-refractivity contribution is 5.79. The van der Waals surface area contributed by atoms with Gasteiger partial charge in [-0.05, 0) is 7.05 Å². The number of carbonyl (C=O) groups is 1. The van der Waals surface area contributed by atoms with Gasteiger partial charge in [0.2, 0.25) is 5.91 Å². The molecule has 2 heterocycles. The van der Waals surface area contributed by atoms with Gasteiger partial charge in [-0.2, -0.15) is 0 Å². The van der Waals surface area contributed by atoms with E-state index in [1.54, 1.807) is 4.90 Å². The predicted molar refractivity (Wildman–Crippen MR) is 56.5 cm³/mol. The second-order valence-corrected chi connectivity index (χ2v) is 4.53. The normalized spacial score (nSPS) is 25.3. The first-order valence-corrected chi connectivity index (χ1v) is 5.52. The third-order valence-corrected chi connectivity index (χ3v) is 3.17. The largest absolute Gasteiger partial charge is 0.389 e. The second-order valence-electron chi connectivity index (χ2n) is 4.53. The van der Waals surface area contributed by atoms with Gasteiger partial charge >= 0.3 is 0 Å². The van der Waals surface area contributed by atoms with Gasteiger partial charge in [-0.3, -0.25) is 9.69 Å². The van der Waals surface area contributed by atoms with Crippen LogP contribution in [0.25, 0.3) is 0 Å². The number of hydrogen-bond acceptors (Lipinski definition) is 4. The smallest absolute Gasteiger partial charge is 0.236 e. The number of nitrogens with zero attached hydrogens (tertiary/aromatic N) is 3. The summed E-state index contributed by atoms with van der Waals surface area (Å²) in [5, 5.41) is 9.09. The number of hydrogen-bond donors (Lipinski definition) is 1. The number of aliphatic hydroxyl groups excluding tert-OH is 1. The molecule has 2 rings (SSSR count). The number of likely N-dealkylation sites (tertiary alicyclic amines) is 1. The van der Waals surface area contributed by atoms with Crippen LogP contribution in [0.4, 0.5) is 0 Å². The maximum absolute atomic E-state index is 11.7. The molecule has 5 nitrogen and oxygen atoms in total. The molecule has 0 aromatic heterocycles. The third kappa shape index (κ3) is 2.68. The van der Waals surface area contributed by atoms with Gasteiger partial charge in [-0.25, -0.2) is 0 Å². The van der Waals surface area contributed by atoms with Crippen molar-refractivity contribution in [1.82, 2.24) is 14.7 Å². The first-order chi connectivity index (χ1) is 7.15. The Balaban J connectivity index is 1.70. The third-order valence-electron chi connectivity index (χ3n) is 3.17. The molecule has 0 radical (unpaired) electrons. The Morgan fingerprint density at radius 3 is 2.40 bits per heavy atom. The van der Waals surface area contributed by atoms with Crippen LogP contribution < -0.4 is 0 Å². The molecule has 0 aliphatic carbocycles. The predicted octanol–water partition coefficient (Wildman–Crippen LogP) is -1.56. The van der Waals surface area contributed by atoms with Gasteiger partial charge in [-0.1, -0.05) is 0 Å². The first-order valence-electron chi connectivity index (χ1n) is 5.52. The standard InChI is InChI=1S/C10H19N3O2/c1-11-2-4-12(5-3-11)8-10(15)13-6-9(14)7-13/h9,14H,2-8H2,1H3. The summed E-state index contributed by atoms with van der Waals surface area (Å²) in [6.07, 6.45) is -0.290. The van der Waals surface area contributed by atoms with Crippen molar-refractivity contribution in [3.63, 3.8) is 0 Å². The molecule has 86 valence electrons. The quantitative estimate of drug-likeness (QED) is 0.602. The second kappa shape index (κ2) is 4.47. The zero-order valence-electron chi connectivity index (χ0n) is 9.22. The minimum Gasteiger partial charge on any atom is -0.389 e. The van der Waals surface area contributed by atoms with Gasteiger partial charge in [0, 0.05) is 39.3 Å². The van der Waals surface area contributed by atoms with E-state index in [9.17, 15) is 4.79 Å². The number of aliphatic hydroxyl groups is 1. The lowest BCUT2D eigenvalue weighted by atomic mass is 10.1. The molecule has 5 heteroatoms. The highest BCUT2D eigenvalue weighted by atomic mass is 16.3. The fraction of sp³-hybridized carbons (Fsp3) is 0.900. The minimum atomic E-state index is -0.290. The summed E-state index contributed by atoms with van der Waals surface area (Å²) in [5.41, 5.74) is 0. The van der Waals surface area contributed by atoms with Crippen LogP contribution in [0.1, 0.15) is 0 Å². The van der Waals surface area contributed by atoms with Crippen LogP contribution in [0.15, 0.2) is 0 Å². The first kappa shape index (κ1) is 10.9. The maximum atomic E-state index is 11.7. The zero-order chi connectivity index (χ0) is 10.8. The van der Waals surface area contributed by atoms with Crippen molar-refractivity contribution in [2.45, 2.75) is 6.10 Å². The molecule has 0 saturated carbocycles. The monoisotopic (exact) mass is 213 g/mol. The molecule has 2 aliphatic heterocycles. The Kier molecular flexibility index (Phi) is 3.23. The lowest BCUT2D eigenvalue weighted by Crippen LogP contribution is -2.57. The van der Waals surface area contributed by atoms with Gasteiger partial charge in [-0.15, -0.1) is 0 Å². The van der Waals surface area contributed by atoms with Gasteiger partial charge in [0.05, 0.1) is 12.6 Å². The van der Waals surface area contributed by atoms with Gasteiger partial charge in [0.1, 0.15) is 0 Å². The van der Waals surface area contributed by atoms with Crippen molar-refractivity contribution in [2.75, 3.05) is 52.9 Å². The van der Waals surface area contributed by atoms with E-state index in [1.807, 2.05) is 0 Å². The molecular formula is C10H19N3O2. The Labute approximate surface area is 90.2 Å². The van der Waals surface area contributed by atoms with Gasteiger partial charge in [0.15, 0.2) is 0 Å². The lowest BCUT2D eigenvalue weighted by Gasteiger charge is -2.38. The summed E-state index contributed by atoms with van der Waals surface area (Å²) in [4.78, 5) is 17.9. The molecule has 0 atom stereocenters. The van der Waals surface area contributed by atoms with E-state index in [0.717, 1.165) is 26.2 Å². The molecule has 0 aromatic rings. The molecule has 0 spiro atoms. The SMILES string of the molecule is CN1CCN(CC(=O)N2CC(O)C2)CC1.